The SMILES string of the molecule is O=C(c1cccc(Br)c1)N1CCN(Cc2noc3ccccc23)CC1. The number of nitrogens with zero attached hydrogens (tertiary/aromatic N) is 3. The lowest BCUT2D eigenvalue weighted by atomic mass is 10.1. The van der Waals surface area contributed by atoms with Crippen molar-refractivity contribution in [1.29, 1.82) is 0 Å². The fourth-order valence-electron chi connectivity index (χ4n) is 3.18. The molecule has 0 radical (unpaired) electrons. The molecular formula is C19H18BrN3O2. The summed E-state index contributed by atoms with van der Waals surface area (Å²) >= 11 is 3.42. The first-order chi connectivity index (χ1) is 12.2. The fourth-order valence-corrected chi connectivity index (χ4v) is 3.58. The van der Waals surface area contributed by atoms with Crippen LogP contribution in [-0.2, 0) is 6.54 Å². The first-order valence-corrected chi connectivity index (χ1v) is 9.10. The number of hydrogen-bond donors (Lipinski definition) is 0. The molecule has 0 bridgehead atoms. The highest BCUT2D eigenvalue weighted by molar-refractivity contribution is 9.10. The van der Waals surface area contributed by atoms with Crippen LogP contribution in [0.2, 0.25) is 0 Å². The van der Waals surface area contributed by atoms with Gasteiger partial charge in [-0.3, -0.25) is 9.69 Å². The summed E-state index contributed by atoms with van der Waals surface area (Å²) in [6.45, 7) is 3.86. The maximum absolute atomic E-state index is 12.6. The quantitative estimate of drug-likeness (QED) is 0.675. The zero-order chi connectivity index (χ0) is 17.2. The van der Waals surface area contributed by atoms with Gasteiger partial charge in [0.1, 0.15) is 5.69 Å². The molecule has 1 amide bonds. The summed E-state index contributed by atoms with van der Waals surface area (Å²) in [4.78, 5) is 16.8. The van der Waals surface area contributed by atoms with Gasteiger partial charge in [0.2, 0.25) is 0 Å². The first kappa shape index (κ1) is 16.3. The van der Waals surface area contributed by atoms with Crippen LogP contribution in [0.3, 0.4) is 0 Å². The van der Waals surface area contributed by atoms with Gasteiger partial charge in [0.15, 0.2) is 5.58 Å². The van der Waals surface area contributed by atoms with Crippen LogP contribution in [0.15, 0.2) is 57.5 Å². The molecule has 2 heterocycles. The number of halogens is 1. The van der Waals surface area contributed by atoms with Crippen LogP contribution < -0.4 is 0 Å². The van der Waals surface area contributed by atoms with E-state index in [0.29, 0.717) is 0 Å². The highest BCUT2D eigenvalue weighted by Gasteiger charge is 2.23. The zero-order valence-corrected chi connectivity index (χ0v) is 15.3. The third-order valence-corrected chi connectivity index (χ3v) is 5.05. The summed E-state index contributed by atoms with van der Waals surface area (Å²) in [6.07, 6.45) is 0. The number of aromatic nitrogens is 1. The fraction of sp³-hybridized carbons (Fsp3) is 0.263. The summed E-state index contributed by atoms with van der Waals surface area (Å²) in [6, 6.07) is 15.5. The number of hydrogen-bond acceptors (Lipinski definition) is 4. The van der Waals surface area contributed by atoms with Gasteiger partial charge in [0.25, 0.3) is 5.91 Å². The molecule has 25 heavy (non-hydrogen) atoms. The van der Waals surface area contributed by atoms with Crippen molar-refractivity contribution in [2.24, 2.45) is 0 Å². The second-order valence-electron chi connectivity index (χ2n) is 6.20. The molecule has 0 N–H and O–H groups in total. The number of benzene rings is 2. The van der Waals surface area contributed by atoms with Gasteiger partial charge in [-0.2, -0.15) is 0 Å². The van der Waals surface area contributed by atoms with Gasteiger partial charge in [-0.25, -0.2) is 0 Å². The Hall–Kier alpha value is -2.18. The molecular weight excluding hydrogens is 382 g/mol. The van der Waals surface area contributed by atoms with Crippen molar-refractivity contribution in [1.82, 2.24) is 15.0 Å². The van der Waals surface area contributed by atoms with Crippen molar-refractivity contribution in [3.8, 4) is 0 Å². The van der Waals surface area contributed by atoms with Gasteiger partial charge in [-0.05, 0) is 30.3 Å². The standard InChI is InChI=1S/C19H18BrN3O2/c20-15-5-3-4-14(12-15)19(24)23-10-8-22(9-11-23)13-17-16-6-1-2-7-18(16)25-21-17/h1-7,12H,8-11,13H2. The average molecular weight is 400 g/mol. The van der Waals surface area contributed by atoms with Gasteiger partial charge >= 0.3 is 0 Å². The molecule has 6 heteroatoms. The minimum absolute atomic E-state index is 0.0906. The largest absolute Gasteiger partial charge is 0.356 e. The average Bonchev–Trinajstić information content (AvgIpc) is 3.05. The van der Waals surface area contributed by atoms with E-state index in [1.165, 1.54) is 0 Å². The topological polar surface area (TPSA) is 49.6 Å². The minimum atomic E-state index is 0.0906. The Kier molecular flexibility index (Phi) is 4.55. The predicted molar refractivity (Wildman–Crippen MR) is 99.3 cm³/mol. The maximum atomic E-state index is 12.6. The number of para-hydroxylation sites is 1. The van der Waals surface area contributed by atoms with E-state index in [9.17, 15) is 4.79 Å². The molecule has 0 saturated carbocycles. The molecule has 0 unspecified atom stereocenters. The lowest BCUT2D eigenvalue weighted by Gasteiger charge is -2.34. The van der Waals surface area contributed by atoms with E-state index in [4.69, 9.17) is 4.52 Å². The van der Waals surface area contributed by atoms with Crippen LogP contribution >= 0.6 is 15.9 Å². The lowest BCUT2D eigenvalue weighted by Crippen LogP contribution is -2.48. The van der Waals surface area contributed by atoms with Crippen LogP contribution in [0.4, 0.5) is 0 Å². The molecule has 4 rings (SSSR count). The summed E-state index contributed by atoms with van der Waals surface area (Å²) in [5, 5.41) is 5.26. The molecule has 128 valence electrons. The van der Waals surface area contributed by atoms with Crippen LogP contribution in [-0.4, -0.2) is 47.0 Å². The monoisotopic (exact) mass is 399 g/mol. The number of amides is 1. The van der Waals surface area contributed by atoms with E-state index in [-0.39, 0.29) is 5.91 Å². The minimum Gasteiger partial charge on any atom is -0.356 e. The number of rotatable bonds is 3. The third kappa shape index (κ3) is 3.45. The Labute approximate surface area is 154 Å². The van der Waals surface area contributed by atoms with Crippen molar-refractivity contribution >= 4 is 32.8 Å². The lowest BCUT2D eigenvalue weighted by molar-refractivity contribution is 0.0626. The predicted octanol–water partition coefficient (Wildman–Crippen LogP) is 3.55. The van der Waals surface area contributed by atoms with Crippen molar-refractivity contribution in [2.75, 3.05) is 26.2 Å². The molecule has 1 aliphatic heterocycles. The van der Waals surface area contributed by atoms with Gasteiger partial charge in [-0.15, -0.1) is 0 Å². The second kappa shape index (κ2) is 6.98. The summed E-state index contributed by atoms with van der Waals surface area (Å²) < 4.78 is 6.30. The van der Waals surface area contributed by atoms with Crippen molar-refractivity contribution in [3.05, 3.63) is 64.3 Å². The molecule has 0 aliphatic carbocycles. The van der Waals surface area contributed by atoms with E-state index in [1.54, 1.807) is 0 Å². The van der Waals surface area contributed by atoms with Gasteiger partial charge in [0, 0.05) is 48.1 Å². The Morgan fingerprint density at radius 1 is 1.08 bits per heavy atom. The van der Waals surface area contributed by atoms with Crippen molar-refractivity contribution < 1.29 is 9.32 Å². The Bertz CT molecular complexity index is 900. The van der Waals surface area contributed by atoms with E-state index in [2.05, 4.69) is 26.0 Å². The number of fused-ring (bicyclic) bond motifs is 1. The molecule has 1 fully saturated rings. The number of piperazine rings is 1. The molecule has 5 nitrogen and oxygen atoms in total. The van der Waals surface area contributed by atoms with E-state index >= 15 is 0 Å². The number of carbonyl (C=O) groups is 1. The van der Waals surface area contributed by atoms with Crippen LogP contribution in [0.25, 0.3) is 11.0 Å². The molecule has 1 saturated heterocycles. The van der Waals surface area contributed by atoms with Gasteiger partial charge in [0.05, 0.1) is 0 Å². The highest BCUT2D eigenvalue weighted by atomic mass is 79.9. The maximum Gasteiger partial charge on any atom is 0.253 e. The van der Waals surface area contributed by atoms with Gasteiger partial charge in [-0.1, -0.05) is 39.3 Å². The molecule has 1 aromatic heterocycles. The highest BCUT2D eigenvalue weighted by Crippen LogP contribution is 2.20. The molecule has 0 spiro atoms. The Balaban J connectivity index is 1.39. The summed E-state index contributed by atoms with van der Waals surface area (Å²) in [5.74, 6) is 0.0906. The van der Waals surface area contributed by atoms with Crippen molar-refractivity contribution in [2.45, 2.75) is 6.54 Å². The van der Waals surface area contributed by atoms with E-state index in [0.717, 1.165) is 59.4 Å². The summed E-state index contributed by atoms with van der Waals surface area (Å²) in [5.41, 5.74) is 2.51. The van der Waals surface area contributed by atoms with Crippen LogP contribution in [0.5, 0.6) is 0 Å². The van der Waals surface area contributed by atoms with Crippen LogP contribution in [0.1, 0.15) is 16.1 Å². The van der Waals surface area contributed by atoms with Gasteiger partial charge < -0.3 is 9.42 Å². The molecule has 3 aromatic rings. The van der Waals surface area contributed by atoms with E-state index in [1.807, 2.05) is 53.4 Å². The number of carbonyl (C=O) groups excluding carboxylic acids is 1. The molecule has 1 aliphatic rings. The second-order valence-corrected chi connectivity index (χ2v) is 7.12. The molecule has 2 aromatic carbocycles. The zero-order valence-electron chi connectivity index (χ0n) is 13.7. The van der Waals surface area contributed by atoms with Crippen LogP contribution in [0, 0.1) is 0 Å². The smallest absolute Gasteiger partial charge is 0.253 e. The molecule has 0 atom stereocenters. The first-order valence-electron chi connectivity index (χ1n) is 8.31. The third-order valence-electron chi connectivity index (χ3n) is 4.56. The Morgan fingerprint density at radius 3 is 2.68 bits per heavy atom. The summed E-state index contributed by atoms with van der Waals surface area (Å²) in [7, 11) is 0. The van der Waals surface area contributed by atoms with Crippen molar-refractivity contribution in [3.63, 3.8) is 0 Å². The Morgan fingerprint density at radius 2 is 1.88 bits per heavy atom. The normalized spacial score (nSPS) is 15.6. The van der Waals surface area contributed by atoms with E-state index < -0.39 is 0 Å².